The molecular formula is C38H47NO12S. The largest absolute Gasteiger partial charge is 0.507 e. The number of thioether (sulfide) groups is 1. The maximum Gasteiger partial charge on any atom is 0.312 e. The van der Waals surface area contributed by atoms with Gasteiger partial charge < -0.3 is 39.6 Å². The first-order valence-corrected chi connectivity index (χ1v) is 18.1. The first-order valence-electron chi connectivity index (χ1n) is 16.9. The summed E-state index contributed by atoms with van der Waals surface area (Å²) in [5.41, 5.74) is -1.24. The number of esters is 1. The number of Topliss-reactive ketones (excluding diaryl/α,β-unsaturated/α-hetero) is 3. The number of nitrogens with one attached hydrogen (secondary N) is 1. The molecule has 5 bridgehead atoms. The summed E-state index contributed by atoms with van der Waals surface area (Å²) in [4.78, 5) is 67.5. The molecule has 0 saturated carbocycles. The zero-order valence-corrected chi connectivity index (χ0v) is 31.7. The van der Waals surface area contributed by atoms with E-state index in [0.717, 1.165) is 11.8 Å². The van der Waals surface area contributed by atoms with Crippen molar-refractivity contribution in [2.24, 2.45) is 23.7 Å². The average molecular weight is 742 g/mol. The number of phenolic OH excluding ortho intramolecular Hbond substituents is 1. The van der Waals surface area contributed by atoms with Gasteiger partial charge in [-0.1, -0.05) is 45.9 Å². The highest BCUT2D eigenvalue weighted by Crippen LogP contribution is 2.49. The number of ketones is 3. The van der Waals surface area contributed by atoms with Crippen LogP contribution in [0.2, 0.25) is 0 Å². The SMILES string of the molecule is COC1C=COC2(C)Oc3c(C)c(O)c4c(c3C2=O)C(=O)C(SC)=C(NC(=O)C(C)=CC=CC(C)C(O)C(C)C(O)C(C)C(OC(C)=O)C1C)C4=O. The van der Waals surface area contributed by atoms with Gasteiger partial charge in [-0.05, 0) is 26.2 Å². The van der Waals surface area contributed by atoms with Crippen LogP contribution in [0, 0.1) is 30.6 Å². The number of hydrogen-bond donors (Lipinski definition) is 4. The van der Waals surface area contributed by atoms with Crippen molar-refractivity contribution in [2.45, 2.75) is 85.6 Å². The number of aromatic hydroxyl groups is 1. The van der Waals surface area contributed by atoms with Crippen molar-refractivity contribution in [2.75, 3.05) is 13.4 Å². The van der Waals surface area contributed by atoms with Crippen LogP contribution in [0.15, 0.2) is 46.7 Å². The van der Waals surface area contributed by atoms with Crippen LogP contribution in [0.3, 0.4) is 0 Å². The number of carbonyl (C=O) groups is 5. The number of fused-ring (bicyclic) bond motifs is 14. The van der Waals surface area contributed by atoms with E-state index in [4.69, 9.17) is 18.9 Å². The molecule has 0 saturated heterocycles. The summed E-state index contributed by atoms with van der Waals surface area (Å²) >= 11 is 0.893. The molecule has 3 heterocycles. The van der Waals surface area contributed by atoms with E-state index in [1.165, 1.54) is 59.5 Å². The van der Waals surface area contributed by atoms with Crippen LogP contribution < -0.4 is 10.1 Å². The Morgan fingerprint density at radius 2 is 1.60 bits per heavy atom. The van der Waals surface area contributed by atoms with Crippen LogP contribution in [0.4, 0.5) is 0 Å². The van der Waals surface area contributed by atoms with Crippen molar-refractivity contribution in [1.82, 2.24) is 5.32 Å². The van der Waals surface area contributed by atoms with Crippen molar-refractivity contribution in [3.63, 3.8) is 0 Å². The van der Waals surface area contributed by atoms with E-state index >= 15 is 0 Å². The maximum atomic E-state index is 14.1. The van der Waals surface area contributed by atoms with Crippen LogP contribution >= 0.6 is 11.8 Å². The summed E-state index contributed by atoms with van der Waals surface area (Å²) in [7, 11) is 1.42. The van der Waals surface area contributed by atoms with Crippen LogP contribution in [0.1, 0.15) is 85.1 Å². The number of hydrogen-bond acceptors (Lipinski definition) is 13. The highest BCUT2D eigenvalue weighted by molar-refractivity contribution is 8.03. The quantitative estimate of drug-likeness (QED) is 0.320. The Hall–Kier alpha value is -4.24. The molecule has 282 valence electrons. The smallest absolute Gasteiger partial charge is 0.312 e. The number of carbonyl (C=O) groups excluding carboxylic acids is 5. The minimum absolute atomic E-state index is 0.00950. The Morgan fingerprint density at radius 1 is 0.942 bits per heavy atom. The van der Waals surface area contributed by atoms with Crippen molar-refractivity contribution >= 4 is 41.0 Å². The highest BCUT2D eigenvalue weighted by atomic mass is 32.2. The lowest BCUT2D eigenvalue weighted by atomic mass is 9.78. The topological polar surface area (TPSA) is 195 Å². The fraction of sp³-hybridized carbons (Fsp3) is 0.500. The number of amides is 1. The summed E-state index contributed by atoms with van der Waals surface area (Å²) in [6.45, 7) is 12.3. The highest BCUT2D eigenvalue weighted by Gasteiger charge is 2.52. The summed E-state index contributed by atoms with van der Waals surface area (Å²) in [5, 5.41) is 36.4. The normalized spacial score (nSPS) is 31.6. The molecular weight excluding hydrogens is 694 g/mol. The zero-order valence-electron chi connectivity index (χ0n) is 30.9. The molecule has 3 aliphatic heterocycles. The number of rotatable bonds is 3. The number of aliphatic hydroxyl groups is 2. The molecule has 14 heteroatoms. The zero-order chi connectivity index (χ0) is 39.0. The van der Waals surface area contributed by atoms with E-state index in [0.29, 0.717) is 0 Å². The summed E-state index contributed by atoms with van der Waals surface area (Å²) in [6.07, 6.45) is 4.98. The molecule has 4 aliphatic rings. The van der Waals surface area contributed by atoms with Crippen molar-refractivity contribution in [1.29, 1.82) is 0 Å². The van der Waals surface area contributed by atoms with Gasteiger partial charge in [-0.15, -0.1) is 11.8 Å². The van der Waals surface area contributed by atoms with E-state index in [1.54, 1.807) is 39.8 Å². The molecule has 5 rings (SSSR count). The second-order valence-corrected chi connectivity index (χ2v) is 14.5. The Bertz CT molecular complexity index is 1790. The molecule has 1 aliphatic carbocycles. The standard InChI is InChI=1S/C38H47NO12S/c1-16-12-11-13-17(2)37(47)39-27-31(44)25-24(32(45)35(27)52-10)26-34(21(6)30(25)43)51-38(8,36(26)46)49-15-14-23(48-9)18(3)33(50-22(7)40)20(5)29(42)19(4)28(16)41/h11-16,18-20,23,28-29,33,41-43H,1-10H3,(H,39,47). The Kier molecular flexibility index (Phi) is 12.3. The Morgan fingerprint density at radius 3 is 2.19 bits per heavy atom. The van der Waals surface area contributed by atoms with Gasteiger partial charge in [0.05, 0.1) is 46.2 Å². The van der Waals surface area contributed by atoms with E-state index in [1.807, 2.05) is 0 Å². The lowest BCUT2D eigenvalue weighted by Crippen LogP contribution is -2.46. The molecule has 0 aromatic heterocycles. The van der Waals surface area contributed by atoms with Gasteiger partial charge >= 0.3 is 11.8 Å². The molecule has 0 radical (unpaired) electrons. The summed E-state index contributed by atoms with van der Waals surface area (Å²) in [5.74, 6) is -8.95. The van der Waals surface area contributed by atoms with Crippen molar-refractivity contribution < 1.29 is 58.2 Å². The third kappa shape index (κ3) is 7.34. The number of allylic oxidation sites excluding steroid dienone is 4. The maximum absolute atomic E-state index is 14.1. The number of ether oxygens (including phenoxy) is 4. The fourth-order valence-corrected chi connectivity index (χ4v) is 7.49. The minimum atomic E-state index is -2.04. The van der Waals surface area contributed by atoms with Gasteiger partial charge in [-0.2, -0.15) is 0 Å². The molecule has 0 fully saturated rings. The molecule has 13 nitrogen and oxygen atoms in total. The van der Waals surface area contributed by atoms with Crippen LogP contribution in [0.5, 0.6) is 11.5 Å². The van der Waals surface area contributed by atoms with Gasteiger partial charge in [0.2, 0.25) is 11.6 Å². The number of benzene rings is 1. The number of phenols is 1. The first kappa shape index (κ1) is 40.5. The molecule has 9 unspecified atom stereocenters. The molecule has 1 amide bonds. The third-order valence-corrected chi connectivity index (χ3v) is 10.9. The molecule has 1 aromatic rings. The van der Waals surface area contributed by atoms with Gasteiger partial charge in [-0.25, -0.2) is 0 Å². The third-order valence-electron chi connectivity index (χ3n) is 10.1. The molecule has 4 N–H and O–H groups in total. The van der Waals surface area contributed by atoms with Gasteiger partial charge in [0, 0.05) is 55.8 Å². The lowest BCUT2D eigenvalue weighted by molar-refractivity contribution is -0.160. The molecule has 1 aromatic carbocycles. The minimum Gasteiger partial charge on any atom is -0.507 e. The van der Waals surface area contributed by atoms with Crippen LogP contribution in [-0.4, -0.2) is 88.1 Å². The Balaban J connectivity index is 1.88. The monoisotopic (exact) mass is 741 g/mol. The summed E-state index contributed by atoms with van der Waals surface area (Å²) < 4.78 is 23.2. The number of aliphatic hydroxyl groups excluding tert-OH is 2. The molecule has 0 spiro atoms. The van der Waals surface area contributed by atoms with Gasteiger partial charge in [0.25, 0.3) is 11.7 Å². The van der Waals surface area contributed by atoms with Gasteiger partial charge in [0.1, 0.15) is 23.3 Å². The average Bonchev–Trinajstić information content (AvgIpc) is 3.36. The van der Waals surface area contributed by atoms with Crippen molar-refractivity contribution in [3.8, 4) is 11.5 Å². The Labute approximate surface area is 307 Å². The van der Waals surface area contributed by atoms with E-state index < -0.39 is 94.4 Å². The predicted molar refractivity (Wildman–Crippen MR) is 192 cm³/mol. The van der Waals surface area contributed by atoms with E-state index in [9.17, 15) is 39.3 Å². The van der Waals surface area contributed by atoms with Crippen molar-refractivity contribution in [3.05, 3.63) is 69.0 Å². The van der Waals surface area contributed by atoms with E-state index in [2.05, 4.69) is 5.32 Å². The first-order chi connectivity index (χ1) is 24.3. The lowest BCUT2D eigenvalue weighted by Gasteiger charge is -2.38. The predicted octanol–water partition coefficient (Wildman–Crippen LogP) is 4.32. The summed E-state index contributed by atoms with van der Waals surface area (Å²) in [6, 6.07) is 0. The van der Waals surface area contributed by atoms with Gasteiger partial charge in [0.15, 0.2) is 0 Å². The molecule has 9 atom stereocenters. The molecule has 52 heavy (non-hydrogen) atoms. The van der Waals surface area contributed by atoms with Crippen LogP contribution in [-0.2, 0) is 23.8 Å². The van der Waals surface area contributed by atoms with Crippen LogP contribution in [0.25, 0.3) is 0 Å². The fourth-order valence-electron chi connectivity index (χ4n) is 6.86. The second kappa shape index (κ2) is 15.8. The van der Waals surface area contributed by atoms with E-state index in [-0.39, 0.29) is 38.6 Å². The van der Waals surface area contributed by atoms with Gasteiger partial charge in [-0.3, -0.25) is 24.0 Å². The number of methoxy groups -OCH3 is 1. The second-order valence-electron chi connectivity index (χ2n) is 13.7.